The molecule has 6 heteroatoms. The number of halogens is 1. The van der Waals surface area contributed by atoms with Crippen LogP contribution in [0.15, 0.2) is 77.3 Å². The molecule has 1 heterocycles. The maximum atomic E-state index is 13.3. The molecule has 30 heavy (non-hydrogen) atoms. The van der Waals surface area contributed by atoms with Gasteiger partial charge in [0.15, 0.2) is 5.58 Å². The molecule has 0 saturated carbocycles. The third kappa shape index (κ3) is 5.03. The van der Waals surface area contributed by atoms with Crippen molar-refractivity contribution in [1.29, 1.82) is 0 Å². The summed E-state index contributed by atoms with van der Waals surface area (Å²) in [6.07, 6.45) is 0.284. The minimum atomic E-state index is -0.625. The number of hydrogen-bond donors (Lipinski definition) is 2. The van der Waals surface area contributed by atoms with E-state index in [-0.39, 0.29) is 12.4 Å². The maximum absolute atomic E-state index is 13.3. The molecule has 0 bridgehead atoms. The first-order valence-electron chi connectivity index (χ1n) is 9.90. The molecule has 0 amide bonds. The summed E-state index contributed by atoms with van der Waals surface area (Å²) < 4.78 is 24.3. The van der Waals surface area contributed by atoms with Crippen LogP contribution < -0.4 is 10.1 Å². The number of ether oxygens (including phenoxy) is 1. The molecular formula is C24H23FN2O3. The van der Waals surface area contributed by atoms with Gasteiger partial charge in [0, 0.05) is 23.6 Å². The van der Waals surface area contributed by atoms with Gasteiger partial charge in [0.25, 0.3) is 0 Å². The lowest BCUT2D eigenvalue weighted by Crippen LogP contribution is -2.32. The van der Waals surface area contributed by atoms with Gasteiger partial charge in [-0.2, -0.15) is 0 Å². The van der Waals surface area contributed by atoms with Crippen LogP contribution in [0.25, 0.3) is 22.2 Å². The summed E-state index contributed by atoms with van der Waals surface area (Å²) in [7, 11) is 0. The van der Waals surface area contributed by atoms with Crippen molar-refractivity contribution < 1.29 is 18.8 Å². The van der Waals surface area contributed by atoms with Crippen LogP contribution in [-0.4, -0.2) is 36.1 Å². The number of aliphatic hydroxyl groups excluding tert-OH is 1. The highest BCUT2D eigenvalue weighted by Crippen LogP contribution is 2.30. The lowest BCUT2D eigenvalue weighted by Gasteiger charge is -2.14. The van der Waals surface area contributed by atoms with E-state index >= 15 is 0 Å². The molecule has 0 radical (unpaired) electrons. The van der Waals surface area contributed by atoms with Crippen molar-refractivity contribution in [3.63, 3.8) is 0 Å². The predicted octanol–water partition coefficient (Wildman–Crippen LogP) is 4.21. The number of rotatable bonds is 9. The van der Waals surface area contributed by atoms with Crippen LogP contribution in [0.3, 0.4) is 0 Å². The Hall–Kier alpha value is -3.22. The van der Waals surface area contributed by atoms with E-state index in [9.17, 15) is 9.50 Å². The molecule has 4 aromatic rings. The van der Waals surface area contributed by atoms with Gasteiger partial charge in [0.05, 0.1) is 0 Å². The number of aliphatic hydroxyl groups is 1. The largest absolute Gasteiger partial charge is 0.491 e. The Morgan fingerprint density at radius 3 is 2.77 bits per heavy atom. The summed E-state index contributed by atoms with van der Waals surface area (Å²) in [5.41, 5.74) is 3.08. The van der Waals surface area contributed by atoms with E-state index in [2.05, 4.69) is 22.6 Å². The van der Waals surface area contributed by atoms with Gasteiger partial charge in [-0.3, -0.25) is 0 Å². The minimum Gasteiger partial charge on any atom is -0.491 e. The van der Waals surface area contributed by atoms with Gasteiger partial charge in [0.1, 0.15) is 30.0 Å². The highest BCUT2D eigenvalue weighted by Gasteiger charge is 2.12. The molecule has 0 unspecified atom stereocenters. The monoisotopic (exact) mass is 406 g/mol. The van der Waals surface area contributed by atoms with E-state index in [1.165, 1.54) is 17.7 Å². The first kappa shape index (κ1) is 20.1. The average molecular weight is 406 g/mol. The zero-order chi connectivity index (χ0) is 20.8. The number of nitrogens with zero attached hydrogens (tertiary/aromatic N) is 1. The van der Waals surface area contributed by atoms with Gasteiger partial charge < -0.3 is 19.7 Å². The van der Waals surface area contributed by atoms with Gasteiger partial charge in [-0.05, 0) is 42.8 Å². The first-order chi connectivity index (χ1) is 14.7. The van der Waals surface area contributed by atoms with Crippen LogP contribution >= 0.6 is 0 Å². The summed E-state index contributed by atoms with van der Waals surface area (Å²) in [6, 6.07) is 21.9. The van der Waals surface area contributed by atoms with E-state index in [1.807, 2.05) is 42.5 Å². The lowest BCUT2D eigenvalue weighted by molar-refractivity contribution is 0.106. The van der Waals surface area contributed by atoms with Crippen molar-refractivity contribution in [1.82, 2.24) is 10.5 Å². The zero-order valence-electron chi connectivity index (χ0n) is 16.4. The minimum absolute atomic E-state index is 0.173. The van der Waals surface area contributed by atoms with Crippen molar-refractivity contribution >= 4 is 11.0 Å². The Morgan fingerprint density at radius 1 is 1.03 bits per heavy atom. The van der Waals surface area contributed by atoms with E-state index in [4.69, 9.17) is 9.26 Å². The van der Waals surface area contributed by atoms with Crippen LogP contribution in [-0.2, 0) is 6.42 Å². The molecular weight excluding hydrogens is 383 g/mol. The molecule has 0 spiro atoms. The molecule has 0 aliphatic carbocycles. The van der Waals surface area contributed by atoms with Crippen LogP contribution in [0.1, 0.15) is 5.56 Å². The number of benzene rings is 3. The molecule has 154 valence electrons. The van der Waals surface area contributed by atoms with E-state index in [0.717, 1.165) is 23.9 Å². The topological polar surface area (TPSA) is 67.5 Å². The quantitative estimate of drug-likeness (QED) is 0.408. The van der Waals surface area contributed by atoms with E-state index in [0.29, 0.717) is 23.6 Å². The van der Waals surface area contributed by atoms with Crippen molar-refractivity contribution in [2.45, 2.75) is 12.5 Å². The SMILES string of the molecule is O[C@@H](CNCCc1ccccc1)COc1cccc(-c2noc3cc(F)ccc23)c1. The molecule has 3 aromatic carbocycles. The standard InChI is InChI=1S/C24H23FN2O3/c25-19-9-10-22-23(14-19)30-27-24(22)18-7-4-8-21(13-18)29-16-20(28)15-26-12-11-17-5-2-1-3-6-17/h1-10,13-14,20,26,28H,11-12,15-16H2/t20-/m0/s1. The summed E-state index contributed by atoms with van der Waals surface area (Å²) in [5.74, 6) is 0.253. The molecule has 0 aliphatic rings. The fourth-order valence-corrected chi connectivity index (χ4v) is 3.25. The third-order valence-electron chi connectivity index (χ3n) is 4.80. The second-order valence-corrected chi connectivity index (χ2v) is 7.10. The average Bonchev–Trinajstić information content (AvgIpc) is 3.19. The molecule has 1 aromatic heterocycles. The maximum Gasteiger partial charge on any atom is 0.170 e. The van der Waals surface area contributed by atoms with Gasteiger partial charge in [-0.1, -0.05) is 47.6 Å². The third-order valence-corrected chi connectivity index (χ3v) is 4.80. The number of hydrogen-bond acceptors (Lipinski definition) is 5. The van der Waals surface area contributed by atoms with Crippen molar-refractivity contribution in [2.24, 2.45) is 0 Å². The van der Waals surface area contributed by atoms with Crippen LogP contribution in [0.4, 0.5) is 4.39 Å². The fraction of sp³-hybridized carbons (Fsp3) is 0.208. The van der Waals surface area contributed by atoms with Gasteiger partial charge in [-0.25, -0.2) is 4.39 Å². The Labute approximate surface area is 174 Å². The highest BCUT2D eigenvalue weighted by molar-refractivity contribution is 5.91. The molecule has 5 nitrogen and oxygen atoms in total. The van der Waals surface area contributed by atoms with Crippen LogP contribution in [0.5, 0.6) is 5.75 Å². The van der Waals surface area contributed by atoms with Crippen molar-refractivity contribution in [3.8, 4) is 17.0 Å². The number of fused-ring (bicyclic) bond motifs is 1. The van der Waals surface area contributed by atoms with E-state index < -0.39 is 6.10 Å². The Morgan fingerprint density at radius 2 is 1.90 bits per heavy atom. The highest BCUT2D eigenvalue weighted by atomic mass is 19.1. The van der Waals surface area contributed by atoms with Gasteiger partial charge in [0.2, 0.25) is 0 Å². The number of aromatic nitrogens is 1. The first-order valence-corrected chi connectivity index (χ1v) is 9.90. The molecule has 1 atom stereocenters. The Kier molecular flexibility index (Phi) is 6.37. The van der Waals surface area contributed by atoms with Crippen LogP contribution in [0.2, 0.25) is 0 Å². The molecule has 0 fully saturated rings. The van der Waals surface area contributed by atoms with Gasteiger partial charge >= 0.3 is 0 Å². The molecule has 0 saturated heterocycles. The lowest BCUT2D eigenvalue weighted by atomic mass is 10.1. The van der Waals surface area contributed by atoms with Crippen LogP contribution in [0, 0.1) is 5.82 Å². The molecule has 0 aliphatic heterocycles. The summed E-state index contributed by atoms with van der Waals surface area (Å²) in [4.78, 5) is 0. The fourth-order valence-electron chi connectivity index (χ4n) is 3.25. The second kappa shape index (κ2) is 9.52. The second-order valence-electron chi connectivity index (χ2n) is 7.10. The molecule has 2 N–H and O–H groups in total. The molecule has 4 rings (SSSR count). The Bertz CT molecular complexity index is 1100. The normalized spacial score (nSPS) is 12.2. The summed E-state index contributed by atoms with van der Waals surface area (Å²) >= 11 is 0. The smallest absolute Gasteiger partial charge is 0.170 e. The van der Waals surface area contributed by atoms with Crippen molar-refractivity contribution in [2.75, 3.05) is 19.7 Å². The summed E-state index contributed by atoms with van der Waals surface area (Å²) in [6.45, 7) is 1.41. The van der Waals surface area contributed by atoms with Crippen molar-refractivity contribution in [3.05, 3.63) is 84.2 Å². The summed E-state index contributed by atoms with van der Waals surface area (Å²) in [5, 5.41) is 18.2. The van der Waals surface area contributed by atoms with E-state index in [1.54, 1.807) is 6.07 Å². The Balaban J connectivity index is 1.30. The number of nitrogens with one attached hydrogen (secondary N) is 1. The zero-order valence-corrected chi connectivity index (χ0v) is 16.4. The van der Waals surface area contributed by atoms with Gasteiger partial charge in [-0.15, -0.1) is 0 Å². The predicted molar refractivity (Wildman–Crippen MR) is 114 cm³/mol.